The predicted molar refractivity (Wildman–Crippen MR) is 138 cm³/mol. The van der Waals surface area contributed by atoms with E-state index in [4.69, 9.17) is 9.84 Å². The Hall–Kier alpha value is -3.81. The van der Waals surface area contributed by atoms with E-state index in [1.165, 1.54) is 70.1 Å². The average Bonchev–Trinajstić information content (AvgIpc) is 2.90. The van der Waals surface area contributed by atoms with Gasteiger partial charge in [0.05, 0.1) is 19.0 Å². The van der Waals surface area contributed by atoms with Gasteiger partial charge in [-0.15, -0.1) is 0 Å². The minimum Gasteiger partial charge on any atom is -0.477 e. The summed E-state index contributed by atoms with van der Waals surface area (Å²) in [5, 5.41) is 16.8. The summed E-state index contributed by atoms with van der Waals surface area (Å²) in [5.41, 5.74) is 0.261. The fourth-order valence-corrected chi connectivity index (χ4v) is 4.03. The Labute approximate surface area is 219 Å². The second kappa shape index (κ2) is 13.7. The number of carboxylic acid groups (broad SMARTS) is 1. The smallest absolute Gasteiger partial charge is 0.409 e. The van der Waals surface area contributed by atoms with Gasteiger partial charge >= 0.3 is 12.1 Å². The Kier molecular flexibility index (Phi) is 10.3. The van der Waals surface area contributed by atoms with E-state index in [0.717, 1.165) is 4.90 Å². The number of amides is 3. The molecule has 4 N–H and O–H groups in total. The molecule has 2 aromatic heterocycles. The van der Waals surface area contributed by atoms with Gasteiger partial charge in [0.15, 0.2) is 5.82 Å². The molecule has 2 aliphatic rings. The molecule has 0 radical (unpaired) electrons. The number of anilines is 3. The molecule has 2 aromatic rings. The van der Waals surface area contributed by atoms with Gasteiger partial charge in [0, 0.05) is 44.5 Å². The van der Waals surface area contributed by atoms with Crippen LogP contribution in [0.5, 0.6) is 5.88 Å². The molecule has 2 saturated heterocycles. The van der Waals surface area contributed by atoms with Crippen LogP contribution < -0.4 is 25.6 Å². The first-order chi connectivity index (χ1) is 18.2. The maximum atomic E-state index is 14.7. The van der Waals surface area contributed by atoms with Gasteiger partial charge in [-0.3, -0.25) is 10.6 Å². The molecule has 1 unspecified atom stereocenters. The highest BCUT2D eigenvalue weighted by atomic mass is 19.3. The summed E-state index contributed by atoms with van der Waals surface area (Å²) in [6.45, 7) is 4.48. The third kappa shape index (κ3) is 8.36. The molecule has 2 aliphatic heterocycles. The Morgan fingerprint density at radius 1 is 1.21 bits per heavy atom. The van der Waals surface area contributed by atoms with E-state index in [1.54, 1.807) is 11.8 Å². The van der Waals surface area contributed by atoms with Crippen molar-refractivity contribution in [2.24, 2.45) is 0 Å². The highest BCUT2D eigenvalue weighted by Gasteiger charge is 2.48. The second-order valence-electron chi connectivity index (χ2n) is 8.83. The average molecular weight is 537 g/mol. The van der Waals surface area contributed by atoms with Gasteiger partial charge in [-0.2, -0.15) is 0 Å². The Morgan fingerprint density at radius 2 is 1.97 bits per heavy atom. The Balaban J connectivity index is 0.000000585. The number of likely N-dealkylation sites (N-methyl/N-ethyl adjacent to an activating group) is 1. The van der Waals surface area contributed by atoms with E-state index in [-0.39, 0.29) is 30.5 Å². The molecule has 0 aliphatic carbocycles. The molecule has 4 heterocycles. The van der Waals surface area contributed by atoms with Crippen LogP contribution in [0.2, 0.25) is 0 Å². The molecular formula is C24H34F2N8O4. The molecule has 0 aromatic carbocycles. The number of pyridine rings is 1. The van der Waals surface area contributed by atoms with Crippen molar-refractivity contribution in [1.29, 1.82) is 0 Å². The number of halogens is 2. The fourth-order valence-electron chi connectivity index (χ4n) is 4.03. The molecule has 0 spiro atoms. The van der Waals surface area contributed by atoms with Crippen molar-refractivity contribution >= 4 is 29.4 Å². The zero-order chi connectivity index (χ0) is 27.5. The molecular weight excluding hydrogens is 502 g/mol. The summed E-state index contributed by atoms with van der Waals surface area (Å²) in [5.74, 6) is -2.44. The SMILES string of the molecule is C1CCNCC1.CCOc1cnc(NC(=O)N(C)C2CN(c3cc(NC(=O)O)ccn3)CCC2(F)F)cn1. The van der Waals surface area contributed by atoms with Crippen LogP contribution in [-0.2, 0) is 0 Å². The summed E-state index contributed by atoms with van der Waals surface area (Å²) >= 11 is 0. The molecule has 2 fully saturated rings. The lowest BCUT2D eigenvalue weighted by Crippen LogP contribution is -2.60. The molecule has 208 valence electrons. The predicted octanol–water partition coefficient (Wildman–Crippen LogP) is 3.50. The molecule has 38 heavy (non-hydrogen) atoms. The normalized spacial score (nSPS) is 18.4. The number of nitrogens with one attached hydrogen (secondary N) is 3. The van der Waals surface area contributed by atoms with Crippen LogP contribution in [-0.4, -0.2) is 88.9 Å². The number of ether oxygens (including phenoxy) is 1. The Bertz CT molecular complexity index is 1040. The first-order valence-corrected chi connectivity index (χ1v) is 12.5. The van der Waals surface area contributed by atoms with Crippen molar-refractivity contribution in [3.05, 3.63) is 30.7 Å². The first-order valence-electron chi connectivity index (χ1n) is 12.5. The fraction of sp³-hybridized carbons (Fsp3) is 0.542. The minimum absolute atomic E-state index is 0.00709. The number of alkyl halides is 2. The summed E-state index contributed by atoms with van der Waals surface area (Å²) in [6, 6.07) is 0.670. The van der Waals surface area contributed by atoms with Crippen LogP contribution in [0.15, 0.2) is 30.7 Å². The second-order valence-corrected chi connectivity index (χ2v) is 8.83. The topological polar surface area (TPSA) is 145 Å². The highest BCUT2D eigenvalue weighted by Crippen LogP contribution is 2.33. The summed E-state index contributed by atoms with van der Waals surface area (Å²) in [4.78, 5) is 38.1. The lowest BCUT2D eigenvalue weighted by atomic mass is 9.99. The van der Waals surface area contributed by atoms with Crippen LogP contribution in [0.1, 0.15) is 32.6 Å². The van der Waals surface area contributed by atoms with Crippen molar-refractivity contribution in [3.63, 3.8) is 0 Å². The number of hydrogen-bond acceptors (Lipinski definition) is 8. The number of urea groups is 1. The van der Waals surface area contributed by atoms with E-state index in [9.17, 15) is 18.4 Å². The number of aromatic nitrogens is 3. The van der Waals surface area contributed by atoms with Crippen molar-refractivity contribution < 1.29 is 28.2 Å². The summed E-state index contributed by atoms with van der Waals surface area (Å²) in [6.07, 6.45) is 6.43. The van der Waals surface area contributed by atoms with Crippen LogP contribution in [0.25, 0.3) is 0 Å². The lowest BCUT2D eigenvalue weighted by molar-refractivity contribution is -0.0759. The largest absolute Gasteiger partial charge is 0.477 e. The first kappa shape index (κ1) is 28.8. The zero-order valence-electron chi connectivity index (χ0n) is 21.5. The quantitative estimate of drug-likeness (QED) is 0.436. The molecule has 3 amide bonds. The Morgan fingerprint density at radius 3 is 2.55 bits per heavy atom. The molecule has 1 atom stereocenters. The monoisotopic (exact) mass is 536 g/mol. The lowest BCUT2D eigenvalue weighted by Gasteiger charge is -2.42. The molecule has 4 rings (SSSR count). The van der Waals surface area contributed by atoms with E-state index in [2.05, 4.69) is 30.9 Å². The minimum atomic E-state index is -3.13. The van der Waals surface area contributed by atoms with Crippen molar-refractivity contribution in [2.45, 2.75) is 44.6 Å². The van der Waals surface area contributed by atoms with E-state index >= 15 is 0 Å². The maximum Gasteiger partial charge on any atom is 0.409 e. The van der Waals surface area contributed by atoms with Gasteiger partial charge in [0.1, 0.15) is 11.9 Å². The van der Waals surface area contributed by atoms with Gasteiger partial charge in [-0.25, -0.2) is 33.3 Å². The molecule has 0 saturated carbocycles. The number of piperidine rings is 2. The van der Waals surface area contributed by atoms with Crippen molar-refractivity contribution in [2.75, 3.05) is 55.4 Å². The van der Waals surface area contributed by atoms with Gasteiger partial charge in [0.2, 0.25) is 5.88 Å². The highest BCUT2D eigenvalue weighted by molar-refractivity contribution is 5.88. The van der Waals surface area contributed by atoms with Crippen LogP contribution in [0.3, 0.4) is 0 Å². The van der Waals surface area contributed by atoms with Gasteiger partial charge < -0.3 is 25.0 Å². The third-order valence-corrected chi connectivity index (χ3v) is 6.07. The zero-order valence-corrected chi connectivity index (χ0v) is 21.5. The van der Waals surface area contributed by atoms with Gasteiger partial charge in [-0.1, -0.05) is 6.42 Å². The van der Waals surface area contributed by atoms with Crippen molar-refractivity contribution in [3.8, 4) is 5.88 Å². The van der Waals surface area contributed by atoms with Crippen LogP contribution in [0.4, 0.5) is 35.7 Å². The summed E-state index contributed by atoms with van der Waals surface area (Å²) < 4.78 is 34.6. The number of carbonyl (C=O) groups excluding carboxylic acids is 1. The van der Waals surface area contributed by atoms with Gasteiger partial charge in [-0.05, 0) is 38.9 Å². The molecule has 14 heteroatoms. The number of rotatable bonds is 6. The molecule has 0 bridgehead atoms. The maximum absolute atomic E-state index is 14.7. The number of hydrogen-bond donors (Lipinski definition) is 4. The third-order valence-electron chi connectivity index (χ3n) is 6.07. The molecule has 12 nitrogen and oxygen atoms in total. The van der Waals surface area contributed by atoms with E-state index in [0.29, 0.717) is 12.4 Å². The van der Waals surface area contributed by atoms with E-state index in [1.807, 2.05) is 0 Å². The number of nitrogens with zero attached hydrogens (tertiary/aromatic N) is 5. The van der Waals surface area contributed by atoms with Crippen LogP contribution in [0, 0.1) is 0 Å². The standard InChI is InChI=1S/C19H23F2N7O4.C5H11N/c1-3-32-16-10-23-14(9-24-16)26-17(29)27(2)13-11-28(7-5-19(13,20)21)15-8-12(4-6-22-15)25-18(30)31;1-2-4-6-5-3-1/h4,6,8-10,13H,3,5,7,11H2,1-2H3,(H,22,25)(H,30,31)(H,23,26,29);6H,1-5H2. The van der Waals surface area contributed by atoms with Crippen LogP contribution >= 0.6 is 0 Å². The number of carbonyl (C=O) groups is 2. The van der Waals surface area contributed by atoms with Crippen molar-refractivity contribution in [1.82, 2.24) is 25.2 Å². The van der Waals surface area contributed by atoms with Gasteiger partial charge in [0.25, 0.3) is 5.92 Å². The van der Waals surface area contributed by atoms with E-state index < -0.39 is 30.5 Å². The summed E-state index contributed by atoms with van der Waals surface area (Å²) in [7, 11) is 1.27.